The van der Waals surface area contributed by atoms with Gasteiger partial charge in [0.1, 0.15) is 0 Å². The highest BCUT2D eigenvalue weighted by molar-refractivity contribution is 5.81. The predicted molar refractivity (Wildman–Crippen MR) is 90.6 cm³/mol. The van der Waals surface area contributed by atoms with Crippen LogP contribution >= 0.6 is 0 Å². The summed E-state index contributed by atoms with van der Waals surface area (Å²) < 4.78 is 5.28. The molecule has 0 spiro atoms. The van der Waals surface area contributed by atoms with E-state index in [-0.39, 0.29) is 17.5 Å². The van der Waals surface area contributed by atoms with Crippen molar-refractivity contribution in [3.63, 3.8) is 0 Å². The minimum atomic E-state index is -0.455. The van der Waals surface area contributed by atoms with E-state index in [9.17, 15) is 14.9 Å². The lowest BCUT2D eigenvalue weighted by atomic mass is 9.92. The van der Waals surface area contributed by atoms with Gasteiger partial charge in [0.2, 0.25) is 5.91 Å². The number of aryl methyl sites for hydroxylation is 1. The number of nitrogens with one attached hydrogen (secondary N) is 1. The SMILES string of the molecule is NC(C(=O)NCCCCc1ccc([N+](=O)[O-])cc1)C1CCOCC1. The van der Waals surface area contributed by atoms with Gasteiger partial charge in [0.05, 0.1) is 11.0 Å². The van der Waals surface area contributed by atoms with Crippen molar-refractivity contribution in [2.75, 3.05) is 19.8 Å². The number of non-ortho nitro benzene ring substituents is 1. The Balaban J connectivity index is 1.61. The highest BCUT2D eigenvalue weighted by Crippen LogP contribution is 2.17. The standard InChI is InChI=1S/C17H25N3O4/c18-16(14-8-11-24-12-9-14)17(21)19-10-2-1-3-13-4-6-15(7-5-13)20(22)23/h4-7,14,16H,1-3,8-12,18H2,(H,19,21). The van der Waals surface area contributed by atoms with Gasteiger partial charge in [0, 0.05) is 31.9 Å². The molecule has 7 nitrogen and oxygen atoms in total. The number of nitrogens with two attached hydrogens (primary N) is 1. The molecule has 0 aromatic heterocycles. The summed E-state index contributed by atoms with van der Waals surface area (Å²) in [5.41, 5.74) is 7.18. The molecule has 1 heterocycles. The van der Waals surface area contributed by atoms with E-state index in [1.165, 1.54) is 12.1 Å². The third-order valence-electron chi connectivity index (χ3n) is 4.42. The van der Waals surface area contributed by atoms with E-state index < -0.39 is 11.0 Å². The summed E-state index contributed by atoms with van der Waals surface area (Å²) >= 11 is 0. The minimum Gasteiger partial charge on any atom is -0.381 e. The number of benzene rings is 1. The van der Waals surface area contributed by atoms with Gasteiger partial charge < -0.3 is 15.8 Å². The summed E-state index contributed by atoms with van der Waals surface area (Å²) in [5, 5.41) is 13.5. The molecule has 1 fully saturated rings. The van der Waals surface area contributed by atoms with Crippen LogP contribution in [0.1, 0.15) is 31.2 Å². The summed E-state index contributed by atoms with van der Waals surface area (Å²) in [7, 11) is 0. The molecule has 1 aliphatic rings. The third kappa shape index (κ3) is 5.58. The molecule has 0 saturated carbocycles. The van der Waals surface area contributed by atoms with Crippen LogP contribution in [0.25, 0.3) is 0 Å². The monoisotopic (exact) mass is 335 g/mol. The van der Waals surface area contributed by atoms with Gasteiger partial charge in [-0.3, -0.25) is 14.9 Å². The Hall–Kier alpha value is -1.99. The van der Waals surface area contributed by atoms with Crippen molar-refractivity contribution in [2.45, 2.75) is 38.1 Å². The first kappa shape index (κ1) is 18.4. The van der Waals surface area contributed by atoms with Crippen LogP contribution in [0.2, 0.25) is 0 Å². The number of hydrogen-bond acceptors (Lipinski definition) is 5. The third-order valence-corrected chi connectivity index (χ3v) is 4.42. The molecule has 132 valence electrons. The first-order valence-corrected chi connectivity index (χ1v) is 8.42. The zero-order chi connectivity index (χ0) is 17.4. The Morgan fingerprint density at radius 2 is 1.96 bits per heavy atom. The zero-order valence-corrected chi connectivity index (χ0v) is 13.8. The average Bonchev–Trinajstić information content (AvgIpc) is 2.61. The van der Waals surface area contributed by atoms with Crippen molar-refractivity contribution in [2.24, 2.45) is 11.7 Å². The van der Waals surface area contributed by atoms with Gasteiger partial charge >= 0.3 is 0 Å². The molecule has 1 aromatic rings. The summed E-state index contributed by atoms with van der Waals surface area (Å²) in [4.78, 5) is 22.2. The second-order valence-electron chi connectivity index (χ2n) is 6.15. The molecule has 1 unspecified atom stereocenters. The van der Waals surface area contributed by atoms with Gasteiger partial charge in [-0.2, -0.15) is 0 Å². The number of amides is 1. The lowest BCUT2D eigenvalue weighted by Crippen LogP contribution is -2.47. The van der Waals surface area contributed by atoms with E-state index in [0.29, 0.717) is 19.8 Å². The maximum absolute atomic E-state index is 12.0. The largest absolute Gasteiger partial charge is 0.381 e. The number of rotatable bonds is 8. The van der Waals surface area contributed by atoms with Gasteiger partial charge in [-0.15, -0.1) is 0 Å². The van der Waals surface area contributed by atoms with Crippen LogP contribution in [-0.4, -0.2) is 36.6 Å². The smallest absolute Gasteiger partial charge is 0.269 e. The van der Waals surface area contributed by atoms with Crippen molar-refractivity contribution in [3.8, 4) is 0 Å². The number of ether oxygens (including phenoxy) is 1. The topological polar surface area (TPSA) is 107 Å². The number of hydrogen-bond donors (Lipinski definition) is 2. The molecule has 7 heteroatoms. The van der Waals surface area contributed by atoms with E-state index in [1.54, 1.807) is 12.1 Å². The Morgan fingerprint density at radius 3 is 2.58 bits per heavy atom. The number of unbranched alkanes of at least 4 members (excludes halogenated alkanes) is 1. The Labute approximate surface area is 141 Å². The summed E-state index contributed by atoms with van der Waals surface area (Å²) in [6.07, 6.45) is 4.27. The van der Waals surface area contributed by atoms with Gasteiger partial charge in [-0.1, -0.05) is 12.1 Å². The first-order valence-electron chi connectivity index (χ1n) is 8.42. The number of nitro groups is 1. The molecule has 1 saturated heterocycles. The second-order valence-corrected chi connectivity index (χ2v) is 6.15. The number of carbonyl (C=O) groups excluding carboxylic acids is 1. The van der Waals surface area contributed by atoms with Gasteiger partial charge in [0.25, 0.3) is 5.69 Å². The molecular formula is C17H25N3O4. The zero-order valence-electron chi connectivity index (χ0n) is 13.8. The minimum absolute atomic E-state index is 0.0859. The molecule has 24 heavy (non-hydrogen) atoms. The van der Waals surface area contributed by atoms with Crippen molar-refractivity contribution in [3.05, 3.63) is 39.9 Å². The van der Waals surface area contributed by atoms with Crippen molar-refractivity contribution >= 4 is 11.6 Å². The molecule has 0 bridgehead atoms. The molecule has 1 atom stereocenters. The number of nitro benzene ring substituents is 1. The Morgan fingerprint density at radius 1 is 1.29 bits per heavy atom. The maximum Gasteiger partial charge on any atom is 0.269 e. The molecule has 1 amide bonds. The maximum atomic E-state index is 12.0. The fraction of sp³-hybridized carbons (Fsp3) is 0.588. The fourth-order valence-electron chi connectivity index (χ4n) is 2.86. The van der Waals surface area contributed by atoms with Crippen molar-refractivity contribution < 1.29 is 14.5 Å². The van der Waals surface area contributed by atoms with E-state index in [2.05, 4.69) is 5.32 Å². The molecule has 0 radical (unpaired) electrons. The van der Waals surface area contributed by atoms with Crippen LogP contribution in [0.5, 0.6) is 0 Å². The van der Waals surface area contributed by atoms with Gasteiger partial charge in [-0.25, -0.2) is 0 Å². The predicted octanol–water partition coefficient (Wildman–Crippen LogP) is 1.79. The van der Waals surface area contributed by atoms with Crippen LogP contribution in [-0.2, 0) is 16.0 Å². The molecule has 2 rings (SSSR count). The highest BCUT2D eigenvalue weighted by atomic mass is 16.6. The highest BCUT2D eigenvalue weighted by Gasteiger charge is 2.26. The second kappa shape index (κ2) is 9.34. The molecule has 3 N–H and O–H groups in total. The van der Waals surface area contributed by atoms with Crippen LogP contribution < -0.4 is 11.1 Å². The Bertz CT molecular complexity index is 541. The summed E-state index contributed by atoms with van der Waals surface area (Å²) in [6.45, 7) is 1.96. The number of carbonyl (C=O) groups is 1. The van der Waals surface area contributed by atoms with E-state index in [4.69, 9.17) is 10.5 Å². The lowest BCUT2D eigenvalue weighted by molar-refractivity contribution is -0.384. The molecular weight excluding hydrogens is 310 g/mol. The quantitative estimate of drug-likeness (QED) is 0.428. The van der Waals surface area contributed by atoms with E-state index >= 15 is 0 Å². The van der Waals surface area contributed by atoms with Crippen LogP contribution in [0.3, 0.4) is 0 Å². The average molecular weight is 335 g/mol. The first-order chi connectivity index (χ1) is 11.6. The summed E-state index contributed by atoms with van der Waals surface area (Å²) in [5.74, 6) is 0.121. The van der Waals surface area contributed by atoms with Crippen LogP contribution in [0.4, 0.5) is 5.69 Å². The normalized spacial score (nSPS) is 16.5. The molecule has 0 aliphatic carbocycles. The summed E-state index contributed by atoms with van der Waals surface area (Å²) in [6, 6.07) is 6.13. The van der Waals surface area contributed by atoms with E-state index in [0.717, 1.165) is 37.7 Å². The fourth-order valence-corrected chi connectivity index (χ4v) is 2.86. The van der Waals surface area contributed by atoms with Gasteiger partial charge in [0.15, 0.2) is 0 Å². The van der Waals surface area contributed by atoms with Crippen LogP contribution in [0.15, 0.2) is 24.3 Å². The number of nitrogens with zero attached hydrogens (tertiary/aromatic N) is 1. The van der Waals surface area contributed by atoms with Crippen LogP contribution in [0, 0.1) is 16.0 Å². The Kier molecular flexibility index (Phi) is 7.14. The van der Waals surface area contributed by atoms with Crippen molar-refractivity contribution in [1.29, 1.82) is 0 Å². The van der Waals surface area contributed by atoms with Gasteiger partial charge in [-0.05, 0) is 43.6 Å². The molecule has 1 aromatic carbocycles. The van der Waals surface area contributed by atoms with E-state index in [1.807, 2.05) is 0 Å². The van der Waals surface area contributed by atoms with Crippen molar-refractivity contribution in [1.82, 2.24) is 5.32 Å². The molecule has 1 aliphatic heterocycles. The lowest BCUT2D eigenvalue weighted by Gasteiger charge is -2.26.